The van der Waals surface area contributed by atoms with Crippen molar-refractivity contribution < 1.29 is 9.32 Å². The number of carbonyl (C=O) groups is 1. The quantitative estimate of drug-likeness (QED) is 0.795. The molecule has 0 N–H and O–H groups in total. The van der Waals surface area contributed by atoms with Gasteiger partial charge in [0.2, 0.25) is 5.91 Å². The highest BCUT2D eigenvalue weighted by molar-refractivity contribution is 9.09. The minimum Gasteiger partial charge on any atom is -0.356 e. The molecule has 1 aromatic heterocycles. The van der Waals surface area contributed by atoms with Crippen LogP contribution < -0.4 is 0 Å². The van der Waals surface area contributed by atoms with Crippen molar-refractivity contribution in [3.8, 4) is 0 Å². The highest BCUT2D eigenvalue weighted by atomic mass is 79.9. The molecule has 2 aromatic rings. The number of alkyl halides is 1. The van der Waals surface area contributed by atoms with Gasteiger partial charge in [-0.3, -0.25) is 4.79 Å². The number of rotatable bonds is 3. The molecule has 3 rings (SSSR count). The number of likely N-dealkylation sites (N-methyl/N-ethyl adjacent to an activating group) is 1. The second kappa shape index (κ2) is 6.18. The first-order valence-corrected chi connectivity index (χ1v) is 8.31. The molecule has 0 spiro atoms. The van der Waals surface area contributed by atoms with Gasteiger partial charge in [-0.15, -0.1) is 0 Å². The molecule has 1 aliphatic carbocycles. The van der Waals surface area contributed by atoms with E-state index >= 15 is 0 Å². The molecule has 1 aromatic carbocycles. The van der Waals surface area contributed by atoms with Crippen LogP contribution in [-0.4, -0.2) is 33.9 Å². The minimum atomic E-state index is 0.102. The number of benzene rings is 1. The smallest absolute Gasteiger partial charge is 0.228 e. The van der Waals surface area contributed by atoms with Crippen LogP contribution in [-0.2, 0) is 11.2 Å². The molecule has 0 bridgehead atoms. The summed E-state index contributed by atoms with van der Waals surface area (Å²) in [6.45, 7) is 0. The Kier molecular flexibility index (Phi) is 4.29. The molecule has 112 valence electrons. The molecular formula is C16H19BrN2O2. The summed E-state index contributed by atoms with van der Waals surface area (Å²) in [5.74, 6) is 0.102. The maximum absolute atomic E-state index is 12.5. The first kappa shape index (κ1) is 14.6. The Morgan fingerprint density at radius 1 is 1.38 bits per heavy atom. The molecule has 1 heterocycles. The first-order valence-electron chi connectivity index (χ1n) is 7.40. The van der Waals surface area contributed by atoms with E-state index in [0.29, 0.717) is 11.2 Å². The molecular weight excluding hydrogens is 332 g/mol. The van der Waals surface area contributed by atoms with E-state index in [2.05, 4.69) is 21.1 Å². The van der Waals surface area contributed by atoms with Crippen LogP contribution in [0.2, 0.25) is 0 Å². The van der Waals surface area contributed by atoms with Crippen molar-refractivity contribution in [1.82, 2.24) is 10.1 Å². The summed E-state index contributed by atoms with van der Waals surface area (Å²) in [6, 6.07) is 7.94. The maximum atomic E-state index is 12.5. The Balaban J connectivity index is 1.73. The van der Waals surface area contributed by atoms with Crippen LogP contribution in [0.3, 0.4) is 0 Å². The third kappa shape index (κ3) is 2.98. The van der Waals surface area contributed by atoms with Crippen molar-refractivity contribution in [1.29, 1.82) is 0 Å². The fourth-order valence-electron chi connectivity index (χ4n) is 3.02. The number of nitrogens with zero attached hydrogens (tertiary/aromatic N) is 2. The van der Waals surface area contributed by atoms with E-state index in [1.54, 1.807) is 0 Å². The highest BCUT2D eigenvalue weighted by Crippen LogP contribution is 2.28. The van der Waals surface area contributed by atoms with Crippen LogP contribution >= 0.6 is 15.9 Å². The average molecular weight is 351 g/mol. The molecule has 1 amide bonds. The maximum Gasteiger partial charge on any atom is 0.228 e. The Hall–Kier alpha value is -1.36. The summed E-state index contributed by atoms with van der Waals surface area (Å²) in [5.41, 5.74) is 1.46. The van der Waals surface area contributed by atoms with Crippen molar-refractivity contribution in [2.24, 2.45) is 0 Å². The van der Waals surface area contributed by atoms with E-state index in [1.807, 2.05) is 36.2 Å². The molecule has 0 aliphatic heterocycles. The molecule has 4 nitrogen and oxygen atoms in total. The SMILES string of the molecule is CN(C(=O)Cc1noc2ccccc12)C1CCCCC1Br. The Morgan fingerprint density at radius 2 is 2.14 bits per heavy atom. The van der Waals surface area contributed by atoms with Gasteiger partial charge in [0.15, 0.2) is 5.58 Å². The summed E-state index contributed by atoms with van der Waals surface area (Å²) < 4.78 is 5.27. The second-order valence-corrected chi connectivity index (χ2v) is 6.85. The number of hydrogen-bond donors (Lipinski definition) is 0. The van der Waals surface area contributed by atoms with Crippen LogP contribution in [0.5, 0.6) is 0 Å². The average Bonchev–Trinajstić information content (AvgIpc) is 2.90. The number of para-hydroxylation sites is 1. The molecule has 1 fully saturated rings. The van der Waals surface area contributed by atoms with Gasteiger partial charge in [-0.05, 0) is 25.0 Å². The minimum absolute atomic E-state index is 0.102. The van der Waals surface area contributed by atoms with Gasteiger partial charge in [0.25, 0.3) is 0 Å². The molecule has 5 heteroatoms. The van der Waals surface area contributed by atoms with Crippen molar-refractivity contribution in [3.05, 3.63) is 30.0 Å². The van der Waals surface area contributed by atoms with Crippen molar-refractivity contribution in [3.63, 3.8) is 0 Å². The fourth-order valence-corrected chi connectivity index (χ4v) is 3.96. The predicted molar refractivity (Wildman–Crippen MR) is 85.5 cm³/mol. The molecule has 1 saturated carbocycles. The van der Waals surface area contributed by atoms with Crippen molar-refractivity contribution >= 4 is 32.8 Å². The van der Waals surface area contributed by atoms with Gasteiger partial charge < -0.3 is 9.42 Å². The van der Waals surface area contributed by atoms with Gasteiger partial charge in [0.05, 0.1) is 6.42 Å². The molecule has 2 unspecified atom stereocenters. The lowest BCUT2D eigenvalue weighted by molar-refractivity contribution is -0.131. The molecule has 21 heavy (non-hydrogen) atoms. The lowest BCUT2D eigenvalue weighted by atomic mass is 9.94. The van der Waals surface area contributed by atoms with Crippen molar-refractivity contribution in [2.45, 2.75) is 43.0 Å². The van der Waals surface area contributed by atoms with Gasteiger partial charge in [-0.1, -0.05) is 46.1 Å². The van der Waals surface area contributed by atoms with Gasteiger partial charge in [0.1, 0.15) is 5.69 Å². The topological polar surface area (TPSA) is 46.3 Å². The van der Waals surface area contributed by atoms with Gasteiger partial charge in [-0.2, -0.15) is 0 Å². The number of fused-ring (bicyclic) bond motifs is 1. The largest absolute Gasteiger partial charge is 0.356 e. The summed E-state index contributed by atoms with van der Waals surface area (Å²) in [7, 11) is 1.90. The van der Waals surface area contributed by atoms with E-state index in [1.165, 1.54) is 12.8 Å². The van der Waals surface area contributed by atoms with Crippen LogP contribution in [0.25, 0.3) is 11.0 Å². The Labute approximate surface area is 132 Å². The number of hydrogen-bond acceptors (Lipinski definition) is 3. The van der Waals surface area contributed by atoms with Gasteiger partial charge >= 0.3 is 0 Å². The zero-order valence-corrected chi connectivity index (χ0v) is 13.7. The summed E-state index contributed by atoms with van der Waals surface area (Å²) in [4.78, 5) is 14.8. The molecule has 0 saturated heterocycles. The standard InChI is InChI=1S/C16H19BrN2O2/c1-19(14-8-4-3-7-12(14)17)16(20)10-13-11-6-2-5-9-15(11)21-18-13/h2,5-6,9,12,14H,3-4,7-8,10H2,1H3. The van der Waals surface area contributed by atoms with E-state index in [9.17, 15) is 4.79 Å². The van der Waals surface area contributed by atoms with Crippen LogP contribution in [0, 0.1) is 0 Å². The number of halogens is 1. The zero-order valence-electron chi connectivity index (χ0n) is 12.1. The normalized spacial score (nSPS) is 22.4. The fraction of sp³-hybridized carbons (Fsp3) is 0.500. The molecule has 1 aliphatic rings. The van der Waals surface area contributed by atoms with Crippen LogP contribution in [0.1, 0.15) is 31.4 Å². The van der Waals surface area contributed by atoms with E-state index in [0.717, 1.165) is 29.5 Å². The monoisotopic (exact) mass is 350 g/mol. The van der Waals surface area contributed by atoms with Gasteiger partial charge in [-0.25, -0.2) is 0 Å². The number of aromatic nitrogens is 1. The molecule has 0 radical (unpaired) electrons. The summed E-state index contributed by atoms with van der Waals surface area (Å²) >= 11 is 3.71. The zero-order chi connectivity index (χ0) is 14.8. The van der Waals surface area contributed by atoms with E-state index < -0.39 is 0 Å². The van der Waals surface area contributed by atoms with Crippen molar-refractivity contribution in [2.75, 3.05) is 7.05 Å². The Morgan fingerprint density at radius 3 is 2.95 bits per heavy atom. The van der Waals surface area contributed by atoms with Crippen LogP contribution in [0.4, 0.5) is 0 Å². The number of carbonyl (C=O) groups excluding carboxylic acids is 1. The lowest BCUT2D eigenvalue weighted by Crippen LogP contribution is -2.44. The van der Waals surface area contributed by atoms with Gasteiger partial charge in [0, 0.05) is 23.3 Å². The molecule has 2 atom stereocenters. The first-order chi connectivity index (χ1) is 10.2. The Bertz CT molecular complexity index is 640. The van der Waals surface area contributed by atoms with E-state index in [4.69, 9.17) is 4.52 Å². The highest BCUT2D eigenvalue weighted by Gasteiger charge is 2.29. The van der Waals surface area contributed by atoms with Crippen LogP contribution in [0.15, 0.2) is 28.8 Å². The lowest BCUT2D eigenvalue weighted by Gasteiger charge is -2.35. The summed E-state index contributed by atoms with van der Waals surface area (Å²) in [6.07, 6.45) is 4.93. The summed E-state index contributed by atoms with van der Waals surface area (Å²) in [5, 5.41) is 4.98. The predicted octanol–water partition coefficient (Wildman–Crippen LogP) is 3.53. The van der Waals surface area contributed by atoms with E-state index in [-0.39, 0.29) is 11.9 Å². The third-order valence-electron chi connectivity index (χ3n) is 4.31. The third-order valence-corrected chi connectivity index (χ3v) is 5.38. The number of amides is 1. The second-order valence-electron chi connectivity index (χ2n) is 5.67.